The van der Waals surface area contributed by atoms with E-state index in [0.717, 1.165) is 19.5 Å². The van der Waals surface area contributed by atoms with E-state index in [0.29, 0.717) is 6.04 Å². The standard InChI is InChI=1S/C15H24N2/c1-12-6-8-13(9-7-12)11-17-10-4-5-14(16)15(17,2)3/h6-9,14H,4-5,10-11,16H2,1-3H3. The van der Waals surface area contributed by atoms with Gasteiger partial charge in [0.2, 0.25) is 0 Å². The Hall–Kier alpha value is -0.860. The van der Waals surface area contributed by atoms with Crippen molar-refractivity contribution >= 4 is 0 Å². The van der Waals surface area contributed by atoms with E-state index < -0.39 is 0 Å². The summed E-state index contributed by atoms with van der Waals surface area (Å²) in [6, 6.07) is 9.12. The molecule has 0 spiro atoms. The van der Waals surface area contributed by atoms with Gasteiger partial charge in [-0.2, -0.15) is 0 Å². The zero-order valence-electron chi connectivity index (χ0n) is 11.2. The number of likely N-dealkylation sites (tertiary alicyclic amines) is 1. The van der Waals surface area contributed by atoms with E-state index in [1.165, 1.54) is 17.5 Å². The van der Waals surface area contributed by atoms with Crippen LogP contribution in [0.1, 0.15) is 37.8 Å². The third-order valence-corrected chi connectivity index (χ3v) is 4.16. The lowest BCUT2D eigenvalue weighted by Gasteiger charge is -2.46. The average Bonchev–Trinajstić information content (AvgIpc) is 2.28. The highest BCUT2D eigenvalue weighted by molar-refractivity contribution is 5.21. The molecule has 2 nitrogen and oxygen atoms in total. The van der Waals surface area contributed by atoms with E-state index in [1.807, 2.05) is 0 Å². The molecule has 2 heteroatoms. The van der Waals surface area contributed by atoms with Crippen LogP contribution < -0.4 is 5.73 Å². The van der Waals surface area contributed by atoms with Gasteiger partial charge in [-0.15, -0.1) is 0 Å². The predicted molar refractivity (Wildman–Crippen MR) is 72.9 cm³/mol. The minimum Gasteiger partial charge on any atom is -0.326 e. The van der Waals surface area contributed by atoms with Gasteiger partial charge in [-0.05, 0) is 45.7 Å². The van der Waals surface area contributed by atoms with E-state index >= 15 is 0 Å². The number of benzene rings is 1. The molecule has 0 bridgehead atoms. The molecule has 2 N–H and O–H groups in total. The van der Waals surface area contributed by atoms with Gasteiger partial charge in [0.15, 0.2) is 0 Å². The molecule has 0 amide bonds. The topological polar surface area (TPSA) is 29.3 Å². The van der Waals surface area contributed by atoms with E-state index in [4.69, 9.17) is 5.73 Å². The highest BCUT2D eigenvalue weighted by Crippen LogP contribution is 2.28. The first-order chi connectivity index (χ1) is 8.00. The van der Waals surface area contributed by atoms with Crippen molar-refractivity contribution in [3.05, 3.63) is 35.4 Å². The van der Waals surface area contributed by atoms with Crippen molar-refractivity contribution in [2.45, 2.75) is 51.7 Å². The Morgan fingerprint density at radius 3 is 2.59 bits per heavy atom. The molecule has 0 saturated carbocycles. The van der Waals surface area contributed by atoms with E-state index in [2.05, 4.69) is 49.9 Å². The third-order valence-electron chi connectivity index (χ3n) is 4.16. The molecule has 1 heterocycles. The third kappa shape index (κ3) is 2.70. The van der Waals surface area contributed by atoms with Crippen molar-refractivity contribution < 1.29 is 0 Å². The first kappa shape index (κ1) is 12.6. The Morgan fingerprint density at radius 1 is 1.29 bits per heavy atom. The summed E-state index contributed by atoms with van der Waals surface area (Å²) in [5.74, 6) is 0. The van der Waals surface area contributed by atoms with Gasteiger partial charge in [0.05, 0.1) is 0 Å². The van der Waals surface area contributed by atoms with Crippen molar-refractivity contribution in [1.82, 2.24) is 4.90 Å². The molecule has 0 aromatic heterocycles. The van der Waals surface area contributed by atoms with Crippen LogP contribution in [0.5, 0.6) is 0 Å². The molecule has 17 heavy (non-hydrogen) atoms. The molecule has 1 unspecified atom stereocenters. The molecule has 1 aromatic carbocycles. The quantitative estimate of drug-likeness (QED) is 0.849. The lowest BCUT2D eigenvalue weighted by atomic mass is 9.85. The highest BCUT2D eigenvalue weighted by Gasteiger charge is 2.35. The highest BCUT2D eigenvalue weighted by atomic mass is 15.2. The van der Waals surface area contributed by atoms with Crippen molar-refractivity contribution in [2.75, 3.05) is 6.54 Å². The maximum atomic E-state index is 6.24. The number of rotatable bonds is 2. The van der Waals surface area contributed by atoms with Crippen LogP contribution in [0.2, 0.25) is 0 Å². The second-order valence-corrected chi connectivity index (χ2v) is 5.81. The van der Waals surface area contributed by atoms with Gasteiger partial charge in [0.1, 0.15) is 0 Å². The van der Waals surface area contributed by atoms with Crippen LogP contribution in [0.15, 0.2) is 24.3 Å². The lowest BCUT2D eigenvalue weighted by Crippen LogP contribution is -2.59. The summed E-state index contributed by atoms with van der Waals surface area (Å²) in [5, 5.41) is 0. The van der Waals surface area contributed by atoms with Gasteiger partial charge in [-0.1, -0.05) is 29.8 Å². The second kappa shape index (κ2) is 4.79. The molecule has 0 aliphatic carbocycles. The van der Waals surface area contributed by atoms with Gasteiger partial charge in [0, 0.05) is 18.1 Å². The molecule has 94 valence electrons. The van der Waals surface area contributed by atoms with Crippen molar-refractivity contribution in [2.24, 2.45) is 5.73 Å². The number of nitrogens with two attached hydrogens (primary N) is 1. The van der Waals surface area contributed by atoms with E-state index in [9.17, 15) is 0 Å². The van der Waals surface area contributed by atoms with Gasteiger partial charge in [-0.3, -0.25) is 4.90 Å². The van der Waals surface area contributed by atoms with Gasteiger partial charge < -0.3 is 5.73 Å². The summed E-state index contributed by atoms with van der Waals surface area (Å²) >= 11 is 0. The molecule has 1 fully saturated rings. The Balaban J connectivity index is 2.09. The minimum absolute atomic E-state index is 0.114. The number of hydrogen-bond acceptors (Lipinski definition) is 2. The first-order valence-corrected chi connectivity index (χ1v) is 6.56. The Labute approximate surface area is 105 Å². The van der Waals surface area contributed by atoms with Crippen molar-refractivity contribution in [1.29, 1.82) is 0 Å². The van der Waals surface area contributed by atoms with Crippen LogP contribution in [0.4, 0.5) is 0 Å². The molecular weight excluding hydrogens is 208 g/mol. The van der Waals surface area contributed by atoms with Crippen LogP contribution in [-0.4, -0.2) is 23.0 Å². The van der Waals surface area contributed by atoms with Crippen LogP contribution in [-0.2, 0) is 6.54 Å². The summed E-state index contributed by atoms with van der Waals surface area (Å²) in [6.45, 7) is 8.84. The molecule has 2 rings (SSSR count). The van der Waals surface area contributed by atoms with E-state index in [1.54, 1.807) is 0 Å². The Kier molecular flexibility index (Phi) is 3.55. The second-order valence-electron chi connectivity index (χ2n) is 5.81. The molecular formula is C15H24N2. The van der Waals surface area contributed by atoms with Crippen LogP contribution in [0.3, 0.4) is 0 Å². The van der Waals surface area contributed by atoms with Crippen LogP contribution in [0, 0.1) is 6.92 Å². The lowest BCUT2D eigenvalue weighted by molar-refractivity contribution is 0.0501. The summed E-state index contributed by atoms with van der Waals surface area (Å²) < 4.78 is 0. The molecule has 1 aromatic rings. The normalized spacial score (nSPS) is 24.8. The largest absolute Gasteiger partial charge is 0.326 e. The predicted octanol–water partition coefficient (Wildman–Crippen LogP) is 2.70. The van der Waals surface area contributed by atoms with Crippen LogP contribution in [0.25, 0.3) is 0 Å². The maximum absolute atomic E-state index is 6.24. The van der Waals surface area contributed by atoms with Crippen molar-refractivity contribution in [3.8, 4) is 0 Å². The minimum atomic E-state index is 0.114. The summed E-state index contributed by atoms with van der Waals surface area (Å²) in [6.07, 6.45) is 2.37. The average molecular weight is 232 g/mol. The van der Waals surface area contributed by atoms with Crippen LogP contribution >= 0.6 is 0 Å². The summed E-state index contributed by atoms with van der Waals surface area (Å²) in [5.41, 5.74) is 9.06. The fourth-order valence-corrected chi connectivity index (χ4v) is 2.57. The summed E-state index contributed by atoms with van der Waals surface area (Å²) in [4.78, 5) is 2.52. The molecule has 1 saturated heterocycles. The smallest absolute Gasteiger partial charge is 0.0307 e. The molecule has 1 aliphatic heterocycles. The fraction of sp³-hybridized carbons (Fsp3) is 0.600. The molecule has 1 aliphatic rings. The zero-order chi connectivity index (χ0) is 12.5. The Bertz CT molecular complexity index is 367. The summed E-state index contributed by atoms with van der Waals surface area (Å²) in [7, 11) is 0. The number of nitrogens with zero attached hydrogens (tertiary/aromatic N) is 1. The van der Waals surface area contributed by atoms with Crippen molar-refractivity contribution in [3.63, 3.8) is 0 Å². The maximum Gasteiger partial charge on any atom is 0.0307 e. The first-order valence-electron chi connectivity index (χ1n) is 6.56. The fourth-order valence-electron chi connectivity index (χ4n) is 2.57. The SMILES string of the molecule is Cc1ccc(CN2CCCC(N)C2(C)C)cc1. The molecule has 0 radical (unpaired) electrons. The number of aryl methyl sites for hydroxylation is 1. The van der Waals surface area contributed by atoms with Gasteiger partial charge in [0.25, 0.3) is 0 Å². The zero-order valence-corrected chi connectivity index (χ0v) is 11.2. The van der Waals surface area contributed by atoms with Gasteiger partial charge in [-0.25, -0.2) is 0 Å². The molecule has 1 atom stereocenters. The number of hydrogen-bond donors (Lipinski definition) is 1. The Morgan fingerprint density at radius 2 is 1.94 bits per heavy atom. The monoisotopic (exact) mass is 232 g/mol. The van der Waals surface area contributed by atoms with Gasteiger partial charge >= 0.3 is 0 Å². The number of piperidine rings is 1. The van der Waals surface area contributed by atoms with E-state index in [-0.39, 0.29) is 5.54 Å².